The first-order valence-electron chi connectivity index (χ1n) is 10.2. The van der Waals surface area contributed by atoms with Crippen LogP contribution in [-0.4, -0.2) is 42.6 Å². The predicted octanol–water partition coefficient (Wildman–Crippen LogP) is 4.06. The molecule has 0 aliphatic carbocycles. The van der Waals surface area contributed by atoms with Crippen molar-refractivity contribution in [3.63, 3.8) is 0 Å². The maximum absolute atomic E-state index is 12.6. The van der Waals surface area contributed by atoms with E-state index < -0.39 is 0 Å². The van der Waals surface area contributed by atoms with Crippen LogP contribution in [0, 0.1) is 0 Å². The van der Waals surface area contributed by atoms with Gasteiger partial charge in [0.1, 0.15) is 17.3 Å². The quantitative estimate of drug-likeness (QED) is 0.592. The lowest BCUT2D eigenvalue weighted by molar-refractivity contribution is -0.134. The first-order chi connectivity index (χ1) is 14.7. The second-order valence-corrected chi connectivity index (χ2v) is 7.47. The SMILES string of the molecule is COc1ccc(OCC(=O)N2CCCC(c3ncc(Cc4ccccc4)o3)C2)cc1. The molecule has 156 valence electrons. The van der Waals surface area contributed by atoms with Gasteiger partial charge in [-0.05, 0) is 42.7 Å². The minimum atomic E-state index is -0.0217. The van der Waals surface area contributed by atoms with Crippen molar-refractivity contribution in [3.05, 3.63) is 78.0 Å². The number of aromatic nitrogens is 1. The molecule has 6 nitrogen and oxygen atoms in total. The van der Waals surface area contributed by atoms with E-state index in [2.05, 4.69) is 17.1 Å². The third-order valence-corrected chi connectivity index (χ3v) is 5.34. The van der Waals surface area contributed by atoms with Crippen LogP contribution in [0.15, 0.2) is 65.2 Å². The van der Waals surface area contributed by atoms with E-state index in [0.717, 1.165) is 43.2 Å². The summed E-state index contributed by atoms with van der Waals surface area (Å²) in [5.74, 6) is 3.07. The number of likely N-dealkylation sites (tertiary alicyclic amines) is 1. The Morgan fingerprint density at radius 3 is 2.67 bits per heavy atom. The van der Waals surface area contributed by atoms with Crippen LogP contribution in [0.2, 0.25) is 0 Å². The lowest BCUT2D eigenvalue weighted by Crippen LogP contribution is -2.41. The highest BCUT2D eigenvalue weighted by molar-refractivity contribution is 5.78. The summed E-state index contributed by atoms with van der Waals surface area (Å²) >= 11 is 0. The molecule has 1 aliphatic rings. The van der Waals surface area contributed by atoms with Crippen molar-refractivity contribution in [2.24, 2.45) is 0 Å². The summed E-state index contributed by atoms with van der Waals surface area (Å²) in [5.41, 5.74) is 1.19. The third kappa shape index (κ3) is 5.00. The van der Waals surface area contributed by atoms with Gasteiger partial charge in [-0.25, -0.2) is 4.98 Å². The van der Waals surface area contributed by atoms with Gasteiger partial charge in [0.05, 0.1) is 19.2 Å². The molecule has 0 radical (unpaired) electrons. The van der Waals surface area contributed by atoms with Gasteiger partial charge < -0.3 is 18.8 Å². The molecule has 2 aromatic carbocycles. The van der Waals surface area contributed by atoms with Gasteiger partial charge in [0.25, 0.3) is 5.91 Å². The molecule has 0 saturated carbocycles. The predicted molar refractivity (Wildman–Crippen MR) is 113 cm³/mol. The molecule has 1 unspecified atom stereocenters. The lowest BCUT2D eigenvalue weighted by Gasteiger charge is -2.31. The average molecular weight is 406 g/mol. The van der Waals surface area contributed by atoms with Gasteiger partial charge in [-0.2, -0.15) is 0 Å². The number of amides is 1. The molecule has 1 amide bonds. The van der Waals surface area contributed by atoms with Crippen molar-refractivity contribution in [3.8, 4) is 11.5 Å². The topological polar surface area (TPSA) is 64.8 Å². The Morgan fingerprint density at radius 1 is 1.13 bits per heavy atom. The number of nitrogens with zero attached hydrogens (tertiary/aromatic N) is 2. The maximum atomic E-state index is 12.6. The number of carbonyl (C=O) groups excluding carboxylic acids is 1. The molecule has 0 bridgehead atoms. The van der Waals surface area contributed by atoms with Crippen LogP contribution in [0.5, 0.6) is 11.5 Å². The van der Waals surface area contributed by atoms with Crippen molar-refractivity contribution < 1.29 is 18.7 Å². The molecule has 0 spiro atoms. The van der Waals surface area contributed by atoms with Crippen LogP contribution in [0.1, 0.15) is 36.0 Å². The number of ether oxygens (including phenoxy) is 2. The van der Waals surface area contributed by atoms with Gasteiger partial charge in [0.15, 0.2) is 12.5 Å². The Balaban J connectivity index is 1.32. The molecular formula is C24H26N2O4. The van der Waals surface area contributed by atoms with Gasteiger partial charge in [-0.3, -0.25) is 4.79 Å². The van der Waals surface area contributed by atoms with Gasteiger partial charge in [0.2, 0.25) is 0 Å². The van der Waals surface area contributed by atoms with Crippen LogP contribution >= 0.6 is 0 Å². The van der Waals surface area contributed by atoms with E-state index in [1.165, 1.54) is 5.56 Å². The van der Waals surface area contributed by atoms with Crippen LogP contribution in [0.4, 0.5) is 0 Å². The van der Waals surface area contributed by atoms with Crippen molar-refractivity contribution >= 4 is 5.91 Å². The largest absolute Gasteiger partial charge is 0.497 e. The molecule has 1 aromatic heterocycles. The standard InChI is InChI=1S/C24H26N2O4/c1-28-20-9-11-21(12-10-20)29-17-23(27)26-13-5-8-19(16-26)24-25-15-22(30-24)14-18-6-3-2-4-7-18/h2-4,6-7,9-12,15,19H,5,8,13-14,16-17H2,1H3. The van der Waals surface area contributed by atoms with Gasteiger partial charge in [0, 0.05) is 19.5 Å². The van der Waals surface area contributed by atoms with Crippen molar-refractivity contribution in [2.45, 2.75) is 25.2 Å². The zero-order valence-electron chi connectivity index (χ0n) is 17.1. The number of rotatable bonds is 7. The fourth-order valence-electron chi connectivity index (χ4n) is 3.70. The average Bonchev–Trinajstić information content (AvgIpc) is 3.27. The summed E-state index contributed by atoms with van der Waals surface area (Å²) in [6.45, 7) is 1.36. The Bertz CT molecular complexity index is 953. The maximum Gasteiger partial charge on any atom is 0.260 e. The van der Waals surface area contributed by atoms with Gasteiger partial charge in [-0.15, -0.1) is 0 Å². The molecule has 1 saturated heterocycles. The van der Waals surface area contributed by atoms with E-state index >= 15 is 0 Å². The summed E-state index contributed by atoms with van der Waals surface area (Å²) in [5, 5.41) is 0. The molecule has 6 heteroatoms. The molecule has 4 rings (SSSR count). The van der Waals surface area contributed by atoms with Crippen molar-refractivity contribution in [1.82, 2.24) is 9.88 Å². The molecular weight excluding hydrogens is 380 g/mol. The summed E-state index contributed by atoms with van der Waals surface area (Å²) in [6.07, 6.45) is 4.42. The molecule has 1 aliphatic heterocycles. The number of oxazole rings is 1. The van der Waals surface area contributed by atoms with E-state index in [1.807, 2.05) is 35.2 Å². The Hall–Kier alpha value is -3.28. The lowest BCUT2D eigenvalue weighted by atomic mass is 9.98. The van der Waals surface area contributed by atoms with Gasteiger partial charge >= 0.3 is 0 Å². The number of methoxy groups -OCH3 is 1. The fraction of sp³-hybridized carbons (Fsp3) is 0.333. The smallest absolute Gasteiger partial charge is 0.260 e. The first-order valence-corrected chi connectivity index (χ1v) is 10.2. The molecule has 1 fully saturated rings. The fourth-order valence-corrected chi connectivity index (χ4v) is 3.70. The van der Waals surface area contributed by atoms with Crippen LogP contribution in [0.3, 0.4) is 0 Å². The summed E-state index contributed by atoms with van der Waals surface area (Å²) in [7, 11) is 1.62. The summed E-state index contributed by atoms with van der Waals surface area (Å²) in [6, 6.07) is 17.4. The monoisotopic (exact) mass is 406 g/mol. The third-order valence-electron chi connectivity index (χ3n) is 5.34. The minimum Gasteiger partial charge on any atom is -0.497 e. The Labute approximate surface area is 176 Å². The number of hydrogen-bond acceptors (Lipinski definition) is 5. The molecule has 3 aromatic rings. The van der Waals surface area contributed by atoms with Crippen LogP contribution in [0.25, 0.3) is 0 Å². The molecule has 1 atom stereocenters. The molecule has 0 N–H and O–H groups in total. The van der Waals surface area contributed by atoms with E-state index in [1.54, 1.807) is 25.4 Å². The van der Waals surface area contributed by atoms with Crippen LogP contribution in [-0.2, 0) is 11.2 Å². The normalized spacial score (nSPS) is 16.3. The van der Waals surface area contributed by atoms with E-state index in [0.29, 0.717) is 12.3 Å². The van der Waals surface area contributed by atoms with Crippen molar-refractivity contribution in [1.29, 1.82) is 0 Å². The van der Waals surface area contributed by atoms with Gasteiger partial charge in [-0.1, -0.05) is 30.3 Å². The second kappa shape index (κ2) is 9.48. The highest BCUT2D eigenvalue weighted by Gasteiger charge is 2.28. The number of piperidine rings is 1. The van der Waals surface area contributed by atoms with Crippen LogP contribution < -0.4 is 9.47 Å². The number of carbonyl (C=O) groups is 1. The molecule has 30 heavy (non-hydrogen) atoms. The Kier molecular flexibility index (Phi) is 6.32. The first kappa shape index (κ1) is 20.0. The minimum absolute atomic E-state index is 0.0177. The summed E-state index contributed by atoms with van der Waals surface area (Å²) in [4.78, 5) is 19.0. The molecule has 2 heterocycles. The van der Waals surface area contributed by atoms with Crippen molar-refractivity contribution in [2.75, 3.05) is 26.8 Å². The second-order valence-electron chi connectivity index (χ2n) is 7.47. The number of hydrogen-bond donors (Lipinski definition) is 0. The summed E-state index contributed by atoms with van der Waals surface area (Å²) < 4.78 is 16.8. The van der Waals surface area contributed by atoms with E-state index in [9.17, 15) is 4.79 Å². The number of benzene rings is 2. The highest BCUT2D eigenvalue weighted by atomic mass is 16.5. The van der Waals surface area contributed by atoms with E-state index in [4.69, 9.17) is 13.9 Å². The highest BCUT2D eigenvalue weighted by Crippen LogP contribution is 2.27. The Morgan fingerprint density at radius 2 is 1.90 bits per heavy atom. The zero-order chi connectivity index (χ0) is 20.8. The zero-order valence-corrected chi connectivity index (χ0v) is 17.1. The van der Waals surface area contributed by atoms with E-state index in [-0.39, 0.29) is 18.4 Å².